The molecule has 0 heterocycles. The van der Waals surface area contributed by atoms with E-state index in [2.05, 4.69) is 17.2 Å². The maximum absolute atomic E-state index is 11.9. The summed E-state index contributed by atoms with van der Waals surface area (Å²) >= 11 is 0. The lowest BCUT2D eigenvalue weighted by atomic mass is 10.2. The van der Waals surface area contributed by atoms with Crippen molar-refractivity contribution in [2.45, 2.75) is 13.0 Å². The van der Waals surface area contributed by atoms with Crippen LogP contribution in [0.15, 0.2) is 43.0 Å². The predicted molar refractivity (Wildman–Crippen MR) is 102 cm³/mol. The number of carbonyl (C=O) groups is 4. The second-order valence-corrected chi connectivity index (χ2v) is 5.49. The number of nitrogens with one attached hydrogen (secondary N) is 3. The van der Waals surface area contributed by atoms with Crippen molar-refractivity contribution >= 4 is 29.9 Å². The molecule has 9 heteroatoms. The Bertz CT molecular complexity index is 743. The number of carbonyl (C=O) groups excluding carboxylic acids is 4. The van der Waals surface area contributed by atoms with Crippen LogP contribution in [0.25, 0.3) is 6.08 Å². The number of methoxy groups -OCH3 is 1. The molecule has 0 aliphatic heterocycles. The van der Waals surface area contributed by atoms with E-state index >= 15 is 0 Å². The first-order valence-corrected chi connectivity index (χ1v) is 8.33. The minimum Gasteiger partial charge on any atom is -0.497 e. The molecule has 0 spiro atoms. The van der Waals surface area contributed by atoms with Gasteiger partial charge in [0.25, 0.3) is 5.91 Å². The Kier molecular flexibility index (Phi) is 9.52. The van der Waals surface area contributed by atoms with Crippen LogP contribution < -0.4 is 20.7 Å². The average Bonchev–Trinajstić information content (AvgIpc) is 2.69. The van der Waals surface area contributed by atoms with Gasteiger partial charge in [0.15, 0.2) is 6.61 Å². The summed E-state index contributed by atoms with van der Waals surface area (Å²) in [6.07, 6.45) is 4.28. The molecule has 0 fully saturated rings. The molecule has 0 aliphatic carbocycles. The third kappa shape index (κ3) is 8.65. The number of esters is 1. The van der Waals surface area contributed by atoms with Crippen LogP contribution in [0.2, 0.25) is 0 Å². The molecular weight excluding hydrogens is 366 g/mol. The number of amides is 4. The van der Waals surface area contributed by atoms with Gasteiger partial charge in [0.05, 0.1) is 7.11 Å². The van der Waals surface area contributed by atoms with Crippen LogP contribution >= 0.6 is 0 Å². The fourth-order valence-corrected chi connectivity index (χ4v) is 1.84. The topological polar surface area (TPSA) is 123 Å². The molecular formula is C19H23N3O6. The molecule has 3 N–H and O–H groups in total. The highest BCUT2D eigenvalue weighted by Crippen LogP contribution is 2.12. The van der Waals surface area contributed by atoms with Gasteiger partial charge in [-0.05, 0) is 30.7 Å². The highest BCUT2D eigenvalue weighted by atomic mass is 16.5. The molecule has 0 aromatic heterocycles. The number of ether oxygens (including phenoxy) is 2. The second-order valence-electron chi connectivity index (χ2n) is 5.49. The van der Waals surface area contributed by atoms with Gasteiger partial charge in [-0.15, -0.1) is 6.58 Å². The van der Waals surface area contributed by atoms with Crippen LogP contribution in [0.3, 0.4) is 0 Å². The standard InChI is InChI=1S/C19H23N3O6/c1-4-11-20-19(26)22-17(24)12-28-18(25)13(2)21-16(23)10-7-14-5-8-15(27-3)9-6-14/h4-10,13H,1,11-12H2,2-3H3,(H,21,23)(H2,20,22,24,26)/b10-7+/t13-/m0/s1. The van der Waals surface area contributed by atoms with Crippen molar-refractivity contribution < 1.29 is 28.7 Å². The Hall–Kier alpha value is -3.62. The van der Waals surface area contributed by atoms with E-state index in [1.54, 1.807) is 37.5 Å². The quantitative estimate of drug-likeness (QED) is 0.326. The normalized spacial score (nSPS) is 11.2. The average molecular weight is 389 g/mol. The Morgan fingerprint density at radius 3 is 2.46 bits per heavy atom. The summed E-state index contributed by atoms with van der Waals surface area (Å²) in [6, 6.07) is 5.33. The van der Waals surface area contributed by atoms with E-state index in [0.717, 1.165) is 5.56 Å². The summed E-state index contributed by atoms with van der Waals surface area (Å²) in [5.74, 6) is -1.42. The Morgan fingerprint density at radius 1 is 1.18 bits per heavy atom. The van der Waals surface area contributed by atoms with Crippen molar-refractivity contribution in [3.8, 4) is 5.75 Å². The summed E-state index contributed by atoms with van der Waals surface area (Å²) in [6.45, 7) is 4.36. The molecule has 1 rings (SSSR count). The van der Waals surface area contributed by atoms with E-state index in [-0.39, 0.29) is 6.54 Å². The van der Waals surface area contributed by atoms with Gasteiger partial charge in [-0.3, -0.25) is 14.9 Å². The first-order valence-electron chi connectivity index (χ1n) is 8.33. The van der Waals surface area contributed by atoms with Crippen molar-refractivity contribution in [1.82, 2.24) is 16.0 Å². The Balaban J connectivity index is 2.38. The van der Waals surface area contributed by atoms with Gasteiger partial charge >= 0.3 is 12.0 Å². The highest BCUT2D eigenvalue weighted by Gasteiger charge is 2.18. The van der Waals surface area contributed by atoms with Crippen molar-refractivity contribution in [3.63, 3.8) is 0 Å². The molecule has 0 unspecified atom stereocenters. The van der Waals surface area contributed by atoms with Crippen molar-refractivity contribution in [1.29, 1.82) is 0 Å². The van der Waals surface area contributed by atoms with E-state index < -0.39 is 36.5 Å². The van der Waals surface area contributed by atoms with Crippen molar-refractivity contribution in [2.75, 3.05) is 20.3 Å². The van der Waals surface area contributed by atoms with Crippen LogP contribution in [0.5, 0.6) is 5.75 Å². The molecule has 0 saturated carbocycles. The number of hydrogen-bond acceptors (Lipinski definition) is 6. The predicted octanol–water partition coefficient (Wildman–Crippen LogP) is 0.768. The lowest BCUT2D eigenvalue weighted by molar-refractivity contribution is -0.150. The zero-order chi connectivity index (χ0) is 20.9. The molecule has 0 aliphatic rings. The third-order valence-corrected chi connectivity index (χ3v) is 3.26. The van der Waals surface area contributed by atoms with Gasteiger partial charge in [-0.1, -0.05) is 18.2 Å². The SMILES string of the molecule is C=CCNC(=O)NC(=O)COC(=O)[C@H](C)NC(=O)/C=C/c1ccc(OC)cc1. The van der Waals surface area contributed by atoms with Gasteiger partial charge in [0.2, 0.25) is 5.91 Å². The molecule has 1 aromatic carbocycles. The van der Waals surface area contributed by atoms with E-state index in [4.69, 9.17) is 9.47 Å². The molecule has 1 atom stereocenters. The summed E-state index contributed by atoms with van der Waals surface area (Å²) in [5, 5.41) is 6.73. The summed E-state index contributed by atoms with van der Waals surface area (Å²) in [5.41, 5.74) is 0.776. The largest absolute Gasteiger partial charge is 0.497 e. The zero-order valence-corrected chi connectivity index (χ0v) is 15.7. The smallest absolute Gasteiger partial charge is 0.328 e. The van der Waals surface area contributed by atoms with E-state index in [9.17, 15) is 19.2 Å². The maximum Gasteiger partial charge on any atom is 0.328 e. The highest BCUT2D eigenvalue weighted by molar-refractivity contribution is 5.97. The number of imide groups is 1. The van der Waals surface area contributed by atoms with Crippen molar-refractivity contribution in [2.24, 2.45) is 0 Å². The lowest BCUT2D eigenvalue weighted by Gasteiger charge is -2.12. The third-order valence-electron chi connectivity index (χ3n) is 3.26. The first kappa shape index (κ1) is 22.4. The molecule has 0 bridgehead atoms. The van der Waals surface area contributed by atoms with Crippen LogP contribution in [-0.4, -0.2) is 50.1 Å². The number of hydrogen-bond donors (Lipinski definition) is 3. The number of urea groups is 1. The number of rotatable bonds is 9. The summed E-state index contributed by atoms with van der Waals surface area (Å²) in [4.78, 5) is 46.4. The molecule has 9 nitrogen and oxygen atoms in total. The summed E-state index contributed by atoms with van der Waals surface area (Å²) < 4.78 is 9.80. The van der Waals surface area contributed by atoms with Crippen LogP contribution in [-0.2, 0) is 19.1 Å². The van der Waals surface area contributed by atoms with Crippen LogP contribution in [0.1, 0.15) is 12.5 Å². The zero-order valence-electron chi connectivity index (χ0n) is 15.7. The minimum absolute atomic E-state index is 0.187. The maximum atomic E-state index is 11.9. The Morgan fingerprint density at radius 2 is 1.86 bits per heavy atom. The van der Waals surface area contributed by atoms with Gasteiger partial charge in [-0.25, -0.2) is 9.59 Å². The molecule has 0 radical (unpaired) electrons. The van der Waals surface area contributed by atoms with Gasteiger partial charge < -0.3 is 20.1 Å². The molecule has 150 valence electrons. The summed E-state index contributed by atoms with van der Waals surface area (Å²) in [7, 11) is 1.56. The monoisotopic (exact) mass is 389 g/mol. The van der Waals surface area contributed by atoms with E-state index in [1.165, 1.54) is 19.1 Å². The minimum atomic E-state index is -0.976. The van der Waals surface area contributed by atoms with Crippen molar-refractivity contribution in [3.05, 3.63) is 48.6 Å². The number of benzene rings is 1. The lowest BCUT2D eigenvalue weighted by Crippen LogP contribution is -2.43. The van der Waals surface area contributed by atoms with Gasteiger partial charge in [0, 0.05) is 12.6 Å². The molecule has 28 heavy (non-hydrogen) atoms. The van der Waals surface area contributed by atoms with Crippen LogP contribution in [0, 0.1) is 0 Å². The second kappa shape index (κ2) is 11.9. The fraction of sp³-hybridized carbons (Fsp3) is 0.263. The molecule has 4 amide bonds. The van der Waals surface area contributed by atoms with Crippen LogP contribution in [0.4, 0.5) is 4.79 Å². The fourth-order valence-electron chi connectivity index (χ4n) is 1.84. The molecule has 1 aromatic rings. The first-order chi connectivity index (χ1) is 13.3. The molecule has 0 saturated heterocycles. The van der Waals surface area contributed by atoms with E-state index in [0.29, 0.717) is 5.75 Å². The van der Waals surface area contributed by atoms with Gasteiger partial charge in [0.1, 0.15) is 11.8 Å². The Labute approximate surface area is 162 Å². The van der Waals surface area contributed by atoms with Gasteiger partial charge in [-0.2, -0.15) is 0 Å². The van der Waals surface area contributed by atoms with E-state index in [1.807, 2.05) is 5.32 Å².